The molecule has 0 bridgehead atoms. The predicted octanol–water partition coefficient (Wildman–Crippen LogP) is 3.07. The number of nitrogens with zero attached hydrogens (tertiary/aromatic N) is 2. The fourth-order valence-corrected chi connectivity index (χ4v) is 3.67. The highest BCUT2D eigenvalue weighted by Crippen LogP contribution is 2.34. The van der Waals surface area contributed by atoms with Crippen LogP contribution < -0.4 is 4.90 Å². The number of fused-ring (bicyclic) bond motifs is 1. The minimum atomic E-state index is -0.224. The van der Waals surface area contributed by atoms with Crippen LogP contribution >= 0.6 is 0 Å². The van der Waals surface area contributed by atoms with E-state index in [2.05, 4.69) is 16.0 Å². The average Bonchev–Trinajstić information content (AvgIpc) is 2.55. The zero-order valence-corrected chi connectivity index (χ0v) is 13.3. The van der Waals surface area contributed by atoms with E-state index in [1.54, 1.807) is 12.1 Å². The van der Waals surface area contributed by atoms with Crippen molar-refractivity contribution in [2.75, 3.05) is 37.8 Å². The van der Waals surface area contributed by atoms with Crippen LogP contribution in [-0.4, -0.2) is 43.5 Å². The molecule has 0 N–H and O–H groups in total. The lowest BCUT2D eigenvalue weighted by Gasteiger charge is -2.45. The van der Waals surface area contributed by atoms with Crippen LogP contribution in [0.5, 0.6) is 0 Å². The molecule has 122 valence electrons. The van der Waals surface area contributed by atoms with E-state index in [0.717, 1.165) is 61.4 Å². The molecule has 5 heteroatoms. The predicted molar refractivity (Wildman–Crippen MR) is 87.4 cm³/mol. The quantitative estimate of drug-likeness (QED) is 0.810. The van der Waals surface area contributed by atoms with Gasteiger partial charge in [-0.05, 0) is 31.2 Å². The molecule has 4 rings (SSSR count). The van der Waals surface area contributed by atoms with Crippen LogP contribution in [0.2, 0.25) is 0 Å². The molecule has 0 aliphatic carbocycles. The molecule has 23 heavy (non-hydrogen) atoms. The molecule has 1 aromatic heterocycles. The maximum Gasteiger partial charge on any atom is 0.124 e. The van der Waals surface area contributed by atoms with Gasteiger partial charge in [-0.2, -0.15) is 0 Å². The van der Waals surface area contributed by atoms with Crippen molar-refractivity contribution < 1.29 is 13.9 Å². The fourth-order valence-electron chi connectivity index (χ4n) is 3.67. The van der Waals surface area contributed by atoms with Crippen LogP contribution in [0.25, 0.3) is 10.9 Å². The topological polar surface area (TPSA) is 34.6 Å². The van der Waals surface area contributed by atoms with E-state index in [1.165, 1.54) is 6.07 Å². The van der Waals surface area contributed by atoms with Gasteiger partial charge in [-0.1, -0.05) is 0 Å². The van der Waals surface area contributed by atoms with Gasteiger partial charge in [0.1, 0.15) is 5.82 Å². The summed E-state index contributed by atoms with van der Waals surface area (Å²) in [7, 11) is 0. The van der Waals surface area contributed by atoms with Crippen molar-refractivity contribution in [3.05, 3.63) is 35.8 Å². The highest BCUT2D eigenvalue weighted by Gasteiger charge is 2.38. The van der Waals surface area contributed by atoms with E-state index >= 15 is 0 Å². The summed E-state index contributed by atoms with van der Waals surface area (Å²) in [6.45, 7) is 5.81. The van der Waals surface area contributed by atoms with Crippen molar-refractivity contribution in [2.45, 2.75) is 25.4 Å². The lowest BCUT2D eigenvalue weighted by Crippen LogP contribution is -2.54. The van der Waals surface area contributed by atoms with Gasteiger partial charge >= 0.3 is 0 Å². The number of halogens is 1. The Balaban J connectivity index is 1.74. The second-order valence-corrected chi connectivity index (χ2v) is 6.51. The van der Waals surface area contributed by atoms with Gasteiger partial charge in [0.15, 0.2) is 0 Å². The molecule has 1 spiro atoms. The SMILES string of the molecule is Cc1cc(N2CCOC3(CCOCC3)C2)c2cc(F)ccc2n1. The van der Waals surface area contributed by atoms with Crippen molar-refractivity contribution >= 4 is 16.6 Å². The number of aryl methyl sites for hydroxylation is 1. The molecule has 0 amide bonds. The van der Waals surface area contributed by atoms with Crippen LogP contribution in [0.1, 0.15) is 18.5 Å². The summed E-state index contributed by atoms with van der Waals surface area (Å²) in [5.74, 6) is -0.224. The Kier molecular flexibility index (Phi) is 3.70. The van der Waals surface area contributed by atoms with E-state index in [0.29, 0.717) is 6.61 Å². The van der Waals surface area contributed by atoms with Crippen LogP contribution in [0.15, 0.2) is 24.3 Å². The summed E-state index contributed by atoms with van der Waals surface area (Å²) in [5, 5.41) is 0.875. The van der Waals surface area contributed by atoms with Crippen LogP contribution in [0.3, 0.4) is 0 Å². The maximum atomic E-state index is 13.7. The summed E-state index contributed by atoms with van der Waals surface area (Å²) in [4.78, 5) is 6.86. The Morgan fingerprint density at radius 3 is 2.83 bits per heavy atom. The third-order valence-electron chi connectivity index (χ3n) is 4.87. The van der Waals surface area contributed by atoms with Gasteiger partial charge in [0.2, 0.25) is 0 Å². The number of hydrogen-bond donors (Lipinski definition) is 0. The first-order chi connectivity index (χ1) is 11.2. The first-order valence-corrected chi connectivity index (χ1v) is 8.19. The van der Waals surface area contributed by atoms with Crippen LogP contribution in [-0.2, 0) is 9.47 Å². The normalized spacial score (nSPS) is 21.0. The summed E-state index contributed by atoms with van der Waals surface area (Å²) in [6, 6.07) is 6.87. The van der Waals surface area contributed by atoms with Crippen LogP contribution in [0.4, 0.5) is 10.1 Å². The monoisotopic (exact) mass is 316 g/mol. The third kappa shape index (κ3) is 2.79. The summed E-state index contributed by atoms with van der Waals surface area (Å²) in [6.07, 6.45) is 1.83. The Bertz CT molecular complexity index is 723. The molecule has 0 saturated carbocycles. The Hall–Kier alpha value is -1.72. The number of benzene rings is 1. The van der Waals surface area contributed by atoms with Gasteiger partial charge in [0.25, 0.3) is 0 Å². The standard InChI is InChI=1S/C18H21FN2O2/c1-13-10-17(15-11-14(19)2-3-16(15)20-13)21-6-9-23-18(12-21)4-7-22-8-5-18/h2-3,10-11H,4-9,12H2,1H3. The van der Waals surface area contributed by atoms with Crippen molar-refractivity contribution in [1.82, 2.24) is 4.98 Å². The highest BCUT2D eigenvalue weighted by atomic mass is 19.1. The number of ether oxygens (including phenoxy) is 2. The zero-order chi connectivity index (χ0) is 15.9. The van der Waals surface area contributed by atoms with E-state index in [1.807, 2.05) is 6.92 Å². The second kappa shape index (κ2) is 5.73. The smallest absolute Gasteiger partial charge is 0.124 e. The van der Waals surface area contributed by atoms with Gasteiger partial charge < -0.3 is 14.4 Å². The van der Waals surface area contributed by atoms with E-state index < -0.39 is 0 Å². The van der Waals surface area contributed by atoms with Gasteiger partial charge in [-0.3, -0.25) is 4.98 Å². The molecule has 2 aromatic rings. The summed E-state index contributed by atoms with van der Waals surface area (Å²) >= 11 is 0. The number of pyridine rings is 1. The minimum absolute atomic E-state index is 0.132. The number of anilines is 1. The van der Waals surface area contributed by atoms with E-state index in [9.17, 15) is 4.39 Å². The molecule has 0 unspecified atom stereocenters. The molecule has 2 aliphatic rings. The minimum Gasteiger partial charge on any atom is -0.381 e. The molecule has 0 atom stereocenters. The van der Waals surface area contributed by atoms with E-state index in [-0.39, 0.29) is 11.4 Å². The highest BCUT2D eigenvalue weighted by molar-refractivity contribution is 5.92. The van der Waals surface area contributed by atoms with Crippen LogP contribution in [0, 0.1) is 12.7 Å². The molecule has 4 nitrogen and oxygen atoms in total. The Morgan fingerprint density at radius 2 is 2.00 bits per heavy atom. The fraction of sp³-hybridized carbons (Fsp3) is 0.500. The molecular formula is C18H21FN2O2. The molecule has 2 aliphatic heterocycles. The lowest BCUT2D eigenvalue weighted by atomic mass is 9.91. The number of hydrogen-bond acceptors (Lipinski definition) is 4. The van der Waals surface area contributed by atoms with Crippen molar-refractivity contribution in [1.29, 1.82) is 0 Å². The first-order valence-electron chi connectivity index (χ1n) is 8.19. The van der Waals surface area contributed by atoms with Gasteiger partial charge in [-0.25, -0.2) is 4.39 Å². The summed E-state index contributed by atoms with van der Waals surface area (Å²) < 4.78 is 25.3. The Labute approximate surface area is 135 Å². The maximum absolute atomic E-state index is 13.7. The lowest BCUT2D eigenvalue weighted by molar-refractivity contribution is -0.116. The van der Waals surface area contributed by atoms with E-state index in [4.69, 9.17) is 9.47 Å². The molecule has 3 heterocycles. The number of aromatic nitrogens is 1. The molecule has 2 saturated heterocycles. The molecule has 1 aromatic carbocycles. The van der Waals surface area contributed by atoms with Gasteiger partial charge in [0, 0.05) is 55.9 Å². The molecule has 2 fully saturated rings. The largest absolute Gasteiger partial charge is 0.381 e. The number of rotatable bonds is 1. The zero-order valence-electron chi connectivity index (χ0n) is 13.3. The van der Waals surface area contributed by atoms with Crippen molar-refractivity contribution in [2.24, 2.45) is 0 Å². The Morgan fingerprint density at radius 1 is 1.17 bits per heavy atom. The van der Waals surface area contributed by atoms with Gasteiger partial charge in [0.05, 0.1) is 17.7 Å². The average molecular weight is 316 g/mol. The third-order valence-corrected chi connectivity index (χ3v) is 4.87. The van der Waals surface area contributed by atoms with Crippen molar-refractivity contribution in [3.63, 3.8) is 0 Å². The molecular weight excluding hydrogens is 295 g/mol. The molecule has 0 radical (unpaired) electrons. The number of morpholine rings is 1. The second-order valence-electron chi connectivity index (χ2n) is 6.51. The summed E-state index contributed by atoms with van der Waals surface area (Å²) in [5.41, 5.74) is 2.72. The van der Waals surface area contributed by atoms with Crippen molar-refractivity contribution in [3.8, 4) is 0 Å². The first kappa shape index (κ1) is 14.8. The van der Waals surface area contributed by atoms with Gasteiger partial charge in [-0.15, -0.1) is 0 Å².